The molecule has 0 N–H and O–H groups in total. The summed E-state index contributed by atoms with van der Waals surface area (Å²) in [6.45, 7) is 0. The van der Waals surface area contributed by atoms with E-state index < -0.39 is 22.7 Å². The summed E-state index contributed by atoms with van der Waals surface area (Å²) in [6, 6.07) is 9.33. The number of nitrogens with zero attached hydrogens (tertiary/aromatic N) is 2. The molecule has 2 unspecified atom stereocenters. The number of hydrogen-bond donors (Lipinski definition) is 0. The van der Waals surface area contributed by atoms with Gasteiger partial charge in [-0.15, -0.1) is 0 Å². The highest BCUT2D eigenvalue weighted by atomic mass is 16.6. The molecule has 22 heavy (non-hydrogen) atoms. The van der Waals surface area contributed by atoms with Gasteiger partial charge in [0.25, 0.3) is 5.69 Å². The van der Waals surface area contributed by atoms with E-state index in [-0.39, 0.29) is 11.6 Å². The molecule has 1 aliphatic rings. The quantitative estimate of drug-likeness (QED) is 0.374. The zero-order valence-electron chi connectivity index (χ0n) is 11.6. The minimum atomic E-state index is -0.970. The number of nitro benzene ring substituents is 1. The SMILES string of the molecule is COC(=O)C1C(=O)n2cccc2C1c1ccc([N+](=O)[O-])cc1. The fraction of sp³-hybridized carbons (Fsp3) is 0.200. The zero-order chi connectivity index (χ0) is 15.9. The minimum Gasteiger partial charge on any atom is -0.468 e. The summed E-state index contributed by atoms with van der Waals surface area (Å²) < 4.78 is 6.16. The van der Waals surface area contributed by atoms with Crippen LogP contribution in [0, 0.1) is 16.0 Å². The third kappa shape index (κ3) is 1.98. The molecule has 1 aliphatic heterocycles. The van der Waals surface area contributed by atoms with Gasteiger partial charge >= 0.3 is 5.97 Å². The topological polar surface area (TPSA) is 91.4 Å². The molecule has 2 heterocycles. The summed E-state index contributed by atoms with van der Waals surface area (Å²) in [4.78, 5) is 34.6. The van der Waals surface area contributed by atoms with Crippen LogP contribution in [-0.2, 0) is 9.53 Å². The van der Waals surface area contributed by atoms with Gasteiger partial charge in [-0.1, -0.05) is 12.1 Å². The molecule has 1 aromatic carbocycles. The molecular formula is C15H12N2O5. The maximum absolute atomic E-state index is 12.4. The second-order valence-corrected chi connectivity index (χ2v) is 4.97. The lowest BCUT2D eigenvalue weighted by molar-refractivity contribution is -0.384. The van der Waals surface area contributed by atoms with Crippen LogP contribution in [0.25, 0.3) is 0 Å². The van der Waals surface area contributed by atoms with Crippen LogP contribution in [0.5, 0.6) is 0 Å². The van der Waals surface area contributed by atoms with E-state index in [9.17, 15) is 19.7 Å². The predicted molar refractivity (Wildman–Crippen MR) is 75.5 cm³/mol. The van der Waals surface area contributed by atoms with Crippen LogP contribution in [0.3, 0.4) is 0 Å². The molecule has 0 amide bonds. The molecule has 0 bridgehead atoms. The van der Waals surface area contributed by atoms with Crippen LogP contribution in [0.2, 0.25) is 0 Å². The average molecular weight is 300 g/mol. The molecule has 0 saturated carbocycles. The lowest BCUT2D eigenvalue weighted by Gasteiger charge is -2.16. The van der Waals surface area contributed by atoms with Gasteiger partial charge in [0.05, 0.1) is 12.0 Å². The van der Waals surface area contributed by atoms with Gasteiger partial charge in [0.2, 0.25) is 5.91 Å². The summed E-state index contributed by atoms with van der Waals surface area (Å²) >= 11 is 0. The molecule has 1 aromatic heterocycles. The second-order valence-electron chi connectivity index (χ2n) is 4.97. The first-order chi connectivity index (χ1) is 10.5. The van der Waals surface area contributed by atoms with Crippen molar-refractivity contribution >= 4 is 17.6 Å². The van der Waals surface area contributed by atoms with Crippen molar-refractivity contribution < 1.29 is 19.2 Å². The van der Waals surface area contributed by atoms with Crippen LogP contribution in [-0.4, -0.2) is 28.5 Å². The third-order valence-corrected chi connectivity index (χ3v) is 3.85. The number of fused-ring (bicyclic) bond motifs is 1. The fourth-order valence-corrected chi connectivity index (χ4v) is 2.84. The summed E-state index contributed by atoms with van der Waals surface area (Å²) in [5.41, 5.74) is 1.29. The molecule has 0 spiro atoms. The molecule has 0 fully saturated rings. The molecule has 2 atom stereocenters. The van der Waals surface area contributed by atoms with Crippen LogP contribution in [0.4, 0.5) is 5.69 Å². The Morgan fingerprint density at radius 3 is 2.55 bits per heavy atom. The zero-order valence-corrected chi connectivity index (χ0v) is 11.6. The first-order valence-corrected chi connectivity index (χ1v) is 6.58. The van der Waals surface area contributed by atoms with Crippen molar-refractivity contribution in [2.45, 2.75) is 5.92 Å². The van der Waals surface area contributed by atoms with Crippen molar-refractivity contribution in [2.75, 3.05) is 7.11 Å². The van der Waals surface area contributed by atoms with Crippen molar-refractivity contribution in [2.24, 2.45) is 5.92 Å². The van der Waals surface area contributed by atoms with E-state index in [4.69, 9.17) is 4.74 Å². The monoisotopic (exact) mass is 300 g/mol. The van der Waals surface area contributed by atoms with Gasteiger partial charge in [0.15, 0.2) is 0 Å². The largest absolute Gasteiger partial charge is 0.468 e. The molecule has 3 rings (SSSR count). The lowest BCUT2D eigenvalue weighted by Crippen LogP contribution is -2.27. The van der Waals surface area contributed by atoms with Crippen LogP contribution in [0.15, 0.2) is 42.6 Å². The standard InChI is InChI=1S/C15H12N2O5/c1-22-15(19)13-12(11-3-2-8-16(11)14(13)18)9-4-6-10(7-5-9)17(20)21/h2-8,12-13H,1H3. The number of carbonyl (C=O) groups excluding carboxylic acids is 2. The smallest absolute Gasteiger partial charge is 0.319 e. The average Bonchev–Trinajstić information content (AvgIpc) is 3.09. The van der Waals surface area contributed by atoms with Crippen molar-refractivity contribution in [3.8, 4) is 0 Å². The van der Waals surface area contributed by atoms with E-state index in [0.717, 1.165) is 0 Å². The summed E-state index contributed by atoms with van der Waals surface area (Å²) in [6.07, 6.45) is 1.60. The Morgan fingerprint density at radius 2 is 1.95 bits per heavy atom. The number of non-ortho nitro benzene ring substituents is 1. The Labute approximate surface area is 125 Å². The van der Waals surface area contributed by atoms with Crippen LogP contribution >= 0.6 is 0 Å². The number of benzene rings is 1. The van der Waals surface area contributed by atoms with Gasteiger partial charge in [-0.2, -0.15) is 0 Å². The highest BCUT2D eigenvalue weighted by molar-refractivity contribution is 6.03. The van der Waals surface area contributed by atoms with Crippen molar-refractivity contribution in [1.29, 1.82) is 0 Å². The van der Waals surface area contributed by atoms with Crippen LogP contribution in [0.1, 0.15) is 22.0 Å². The molecule has 112 valence electrons. The molecule has 2 aromatic rings. The number of rotatable bonds is 3. The van der Waals surface area contributed by atoms with E-state index in [1.165, 1.54) is 23.8 Å². The Hall–Kier alpha value is -2.96. The molecular weight excluding hydrogens is 288 g/mol. The molecule has 0 radical (unpaired) electrons. The van der Waals surface area contributed by atoms with E-state index in [1.54, 1.807) is 30.5 Å². The minimum absolute atomic E-state index is 0.0434. The fourth-order valence-electron chi connectivity index (χ4n) is 2.84. The number of ether oxygens (including phenoxy) is 1. The number of carbonyl (C=O) groups is 2. The van der Waals surface area contributed by atoms with Gasteiger partial charge in [0, 0.05) is 29.9 Å². The Morgan fingerprint density at radius 1 is 1.27 bits per heavy atom. The Bertz CT molecular complexity index is 762. The number of methoxy groups -OCH3 is 1. The van der Waals surface area contributed by atoms with E-state index in [0.29, 0.717) is 11.3 Å². The van der Waals surface area contributed by atoms with Gasteiger partial charge in [-0.05, 0) is 17.7 Å². The second kappa shape index (κ2) is 5.10. The highest BCUT2D eigenvalue weighted by Gasteiger charge is 2.45. The van der Waals surface area contributed by atoms with Gasteiger partial charge in [-0.3, -0.25) is 24.3 Å². The van der Waals surface area contributed by atoms with E-state index >= 15 is 0 Å². The summed E-state index contributed by atoms with van der Waals surface area (Å²) in [5, 5.41) is 10.7. The van der Waals surface area contributed by atoms with Crippen molar-refractivity contribution in [3.63, 3.8) is 0 Å². The Balaban J connectivity index is 2.07. The first kappa shape index (κ1) is 14.0. The van der Waals surface area contributed by atoms with Crippen molar-refractivity contribution in [1.82, 2.24) is 4.57 Å². The predicted octanol–water partition coefficient (Wildman–Crippen LogP) is 1.97. The van der Waals surface area contributed by atoms with Crippen LogP contribution < -0.4 is 0 Å². The van der Waals surface area contributed by atoms with Gasteiger partial charge in [0.1, 0.15) is 5.92 Å². The number of hydrogen-bond acceptors (Lipinski definition) is 5. The summed E-state index contributed by atoms with van der Waals surface area (Å²) in [7, 11) is 1.23. The van der Waals surface area contributed by atoms with Gasteiger partial charge in [-0.25, -0.2) is 0 Å². The van der Waals surface area contributed by atoms with E-state index in [1.807, 2.05) is 0 Å². The number of nitro groups is 1. The number of aromatic nitrogens is 1. The number of esters is 1. The van der Waals surface area contributed by atoms with E-state index in [2.05, 4.69) is 0 Å². The maximum atomic E-state index is 12.4. The maximum Gasteiger partial charge on any atom is 0.319 e. The highest BCUT2D eigenvalue weighted by Crippen LogP contribution is 2.40. The third-order valence-electron chi connectivity index (χ3n) is 3.85. The normalized spacial score (nSPS) is 19.8. The summed E-state index contributed by atoms with van der Waals surface area (Å²) in [5.74, 6) is -2.44. The molecule has 7 nitrogen and oxygen atoms in total. The molecule has 0 aliphatic carbocycles. The molecule has 7 heteroatoms. The van der Waals surface area contributed by atoms with Crippen molar-refractivity contribution in [3.05, 3.63) is 64.0 Å². The Kier molecular flexibility index (Phi) is 3.25. The molecule has 0 saturated heterocycles. The lowest BCUT2D eigenvalue weighted by atomic mass is 9.85. The first-order valence-electron chi connectivity index (χ1n) is 6.58. The van der Waals surface area contributed by atoms with Gasteiger partial charge < -0.3 is 4.74 Å².